The molecule has 0 radical (unpaired) electrons. The van der Waals surface area contributed by atoms with E-state index in [2.05, 4.69) is 20.1 Å². The van der Waals surface area contributed by atoms with Crippen LogP contribution in [0.3, 0.4) is 0 Å². The number of benzene rings is 1. The molecule has 1 saturated heterocycles. The van der Waals surface area contributed by atoms with Gasteiger partial charge < -0.3 is 14.3 Å². The minimum absolute atomic E-state index is 0.188. The third-order valence-electron chi connectivity index (χ3n) is 4.48. The van der Waals surface area contributed by atoms with E-state index in [1.165, 1.54) is 16.6 Å². The second-order valence-electron chi connectivity index (χ2n) is 6.24. The molecule has 0 spiro atoms. The van der Waals surface area contributed by atoms with Crippen LogP contribution in [-0.4, -0.2) is 54.1 Å². The molecule has 27 heavy (non-hydrogen) atoms. The van der Waals surface area contributed by atoms with Crippen molar-refractivity contribution >= 4 is 27.3 Å². The summed E-state index contributed by atoms with van der Waals surface area (Å²) < 4.78 is 32.7. The minimum Gasteiger partial charge on any atom is -0.420 e. The Hall–Kier alpha value is -2.36. The van der Waals surface area contributed by atoms with Gasteiger partial charge in [0.15, 0.2) is 0 Å². The summed E-state index contributed by atoms with van der Waals surface area (Å²) in [6.07, 6.45) is 1.45. The van der Waals surface area contributed by atoms with Gasteiger partial charge in [-0.3, -0.25) is 0 Å². The van der Waals surface area contributed by atoms with Gasteiger partial charge in [-0.25, -0.2) is 8.42 Å². The Balaban J connectivity index is 1.47. The van der Waals surface area contributed by atoms with Gasteiger partial charge in [0, 0.05) is 50.0 Å². The Kier molecular flexibility index (Phi) is 4.67. The fourth-order valence-electron chi connectivity index (χ4n) is 3.04. The molecule has 1 aromatic carbocycles. The van der Waals surface area contributed by atoms with Gasteiger partial charge in [-0.05, 0) is 30.3 Å². The van der Waals surface area contributed by atoms with Crippen LogP contribution in [0.1, 0.15) is 5.89 Å². The highest BCUT2D eigenvalue weighted by Crippen LogP contribution is 2.25. The lowest BCUT2D eigenvalue weighted by atomic mass is 10.2. The molecular formula is C17H18ClN5O3S. The van der Waals surface area contributed by atoms with E-state index in [9.17, 15) is 8.42 Å². The van der Waals surface area contributed by atoms with Crippen LogP contribution in [0.15, 0.2) is 45.8 Å². The van der Waals surface area contributed by atoms with Gasteiger partial charge in [-0.15, -0.1) is 10.2 Å². The first-order valence-electron chi connectivity index (χ1n) is 8.43. The van der Waals surface area contributed by atoms with E-state index < -0.39 is 10.0 Å². The van der Waals surface area contributed by atoms with Crippen molar-refractivity contribution in [3.05, 3.63) is 47.4 Å². The molecule has 0 saturated carbocycles. The van der Waals surface area contributed by atoms with Gasteiger partial charge in [0.2, 0.25) is 15.9 Å². The highest BCUT2D eigenvalue weighted by atomic mass is 35.5. The summed E-state index contributed by atoms with van der Waals surface area (Å²) in [7, 11) is -3.59. The molecule has 1 N–H and O–H groups in total. The van der Waals surface area contributed by atoms with Crippen LogP contribution in [0.25, 0.3) is 11.6 Å². The smallest absolute Gasteiger partial charge is 0.264 e. The van der Waals surface area contributed by atoms with Gasteiger partial charge in [-0.1, -0.05) is 11.6 Å². The van der Waals surface area contributed by atoms with E-state index in [-0.39, 0.29) is 10.8 Å². The predicted octanol–water partition coefficient (Wildman–Crippen LogP) is 2.54. The Morgan fingerprint density at radius 2 is 1.81 bits per heavy atom. The summed E-state index contributed by atoms with van der Waals surface area (Å²) in [5.41, 5.74) is 1.51. The normalized spacial score (nSPS) is 16.0. The van der Waals surface area contributed by atoms with Crippen LogP contribution in [0, 0.1) is 6.92 Å². The number of aromatic amines is 1. The second kappa shape index (κ2) is 6.99. The Labute approximate surface area is 161 Å². The standard InChI is InChI=1S/C17H18ClN5O3S/c1-12-20-21-17(26-12)16-10-15(11-19-16)27(24,25)23-8-6-22(7-9-23)14-4-2-13(18)3-5-14/h2-5,10-11,19H,6-9H2,1H3. The largest absolute Gasteiger partial charge is 0.420 e. The van der Waals surface area contributed by atoms with E-state index in [0.717, 1.165) is 5.69 Å². The van der Waals surface area contributed by atoms with Gasteiger partial charge in [0.25, 0.3) is 5.89 Å². The van der Waals surface area contributed by atoms with Crippen molar-refractivity contribution in [2.75, 3.05) is 31.1 Å². The quantitative estimate of drug-likeness (QED) is 0.714. The van der Waals surface area contributed by atoms with Crippen molar-refractivity contribution in [1.82, 2.24) is 19.5 Å². The van der Waals surface area contributed by atoms with Gasteiger partial charge in [0.05, 0.1) is 0 Å². The molecule has 0 atom stereocenters. The molecule has 0 aliphatic carbocycles. The molecule has 10 heteroatoms. The van der Waals surface area contributed by atoms with Crippen LogP contribution in [0.4, 0.5) is 5.69 Å². The summed E-state index contributed by atoms with van der Waals surface area (Å²) >= 11 is 5.92. The third-order valence-corrected chi connectivity index (χ3v) is 6.61. The second-order valence-corrected chi connectivity index (χ2v) is 8.62. The molecule has 1 aliphatic heterocycles. The van der Waals surface area contributed by atoms with Crippen LogP contribution in [-0.2, 0) is 10.0 Å². The maximum Gasteiger partial charge on any atom is 0.264 e. The maximum atomic E-state index is 12.9. The van der Waals surface area contributed by atoms with Crippen molar-refractivity contribution in [2.24, 2.45) is 0 Å². The molecule has 0 bridgehead atoms. The number of nitrogens with zero attached hydrogens (tertiary/aromatic N) is 4. The number of aryl methyl sites for hydroxylation is 1. The first-order valence-corrected chi connectivity index (χ1v) is 10.2. The predicted molar refractivity (Wildman–Crippen MR) is 101 cm³/mol. The molecule has 3 heterocycles. The van der Waals surface area contributed by atoms with E-state index >= 15 is 0 Å². The van der Waals surface area contributed by atoms with Crippen molar-refractivity contribution in [3.63, 3.8) is 0 Å². The third kappa shape index (κ3) is 3.58. The number of H-pyrrole nitrogens is 1. The molecule has 3 aromatic rings. The van der Waals surface area contributed by atoms with Gasteiger partial charge >= 0.3 is 0 Å². The molecule has 0 unspecified atom stereocenters. The molecule has 8 nitrogen and oxygen atoms in total. The monoisotopic (exact) mass is 407 g/mol. The molecular weight excluding hydrogens is 390 g/mol. The van der Waals surface area contributed by atoms with E-state index in [4.69, 9.17) is 16.0 Å². The van der Waals surface area contributed by atoms with E-state index in [0.29, 0.717) is 42.8 Å². The molecule has 1 fully saturated rings. The number of nitrogens with one attached hydrogen (secondary N) is 1. The summed E-state index contributed by atoms with van der Waals surface area (Å²) in [4.78, 5) is 5.23. The fraction of sp³-hybridized carbons (Fsp3) is 0.294. The zero-order valence-electron chi connectivity index (χ0n) is 14.6. The number of halogens is 1. The SMILES string of the molecule is Cc1nnc(-c2cc(S(=O)(=O)N3CCN(c4ccc(Cl)cc4)CC3)c[nH]2)o1. The topological polar surface area (TPSA) is 95.3 Å². The summed E-state index contributed by atoms with van der Waals surface area (Å²) in [5.74, 6) is 0.684. The zero-order chi connectivity index (χ0) is 19.0. The van der Waals surface area contributed by atoms with Crippen LogP contribution < -0.4 is 4.90 Å². The van der Waals surface area contributed by atoms with Gasteiger partial charge in [-0.2, -0.15) is 4.31 Å². The van der Waals surface area contributed by atoms with Crippen molar-refractivity contribution in [2.45, 2.75) is 11.8 Å². The lowest BCUT2D eigenvalue weighted by molar-refractivity contribution is 0.385. The molecule has 1 aliphatic rings. The maximum absolute atomic E-state index is 12.9. The summed E-state index contributed by atoms with van der Waals surface area (Å²) in [5, 5.41) is 8.34. The number of rotatable bonds is 4. The highest BCUT2D eigenvalue weighted by molar-refractivity contribution is 7.89. The first-order chi connectivity index (χ1) is 12.9. The van der Waals surface area contributed by atoms with Crippen molar-refractivity contribution in [3.8, 4) is 11.6 Å². The minimum atomic E-state index is -3.59. The molecule has 0 amide bonds. The Bertz CT molecular complexity index is 1040. The lowest BCUT2D eigenvalue weighted by Gasteiger charge is -2.35. The van der Waals surface area contributed by atoms with E-state index in [1.807, 2.05) is 24.3 Å². The summed E-state index contributed by atoms with van der Waals surface area (Å²) in [6, 6.07) is 9.07. The number of hydrogen-bond acceptors (Lipinski definition) is 6. The van der Waals surface area contributed by atoms with Crippen LogP contribution in [0.2, 0.25) is 5.02 Å². The number of sulfonamides is 1. The lowest BCUT2D eigenvalue weighted by Crippen LogP contribution is -2.48. The number of hydrogen-bond donors (Lipinski definition) is 1. The zero-order valence-corrected chi connectivity index (χ0v) is 16.2. The van der Waals surface area contributed by atoms with Crippen molar-refractivity contribution < 1.29 is 12.8 Å². The average Bonchev–Trinajstić information content (AvgIpc) is 3.32. The van der Waals surface area contributed by atoms with Crippen LogP contribution >= 0.6 is 11.6 Å². The summed E-state index contributed by atoms with van der Waals surface area (Å²) in [6.45, 7) is 3.72. The first kappa shape index (κ1) is 18.0. The molecule has 2 aromatic heterocycles. The molecule has 4 rings (SSSR count). The number of aromatic nitrogens is 3. The highest BCUT2D eigenvalue weighted by Gasteiger charge is 2.30. The fourth-order valence-corrected chi connectivity index (χ4v) is 4.58. The Morgan fingerprint density at radius 3 is 2.44 bits per heavy atom. The Morgan fingerprint density at radius 1 is 1.11 bits per heavy atom. The molecule has 142 valence electrons. The number of piperazine rings is 1. The average molecular weight is 408 g/mol. The van der Waals surface area contributed by atoms with E-state index in [1.54, 1.807) is 6.92 Å². The van der Waals surface area contributed by atoms with Crippen LogP contribution in [0.5, 0.6) is 0 Å². The number of anilines is 1. The van der Waals surface area contributed by atoms with Crippen molar-refractivity contribution in [1.29, 1.82) is 0 Å². The van der Waals surface area contributed by atoms with Gasteiger partial charge in [0.1, 0.15) is 10.6 Å².